The SMILES string of the molecule is Cl.NC1CCN(Cc2ccc(Cl)c([N+](=O)[O-])c2)CC1. The third kappa shape index (κ3) is 4.31. The first-order valence-corrected chi connectivity index (χ1v) is 6.35. The Morgan fingerprint density at radius 1 is 1.42 bits per heavy atom. The van der Waals surface area contributed by atoms with Gasteiger partial charge in [-0.3, -0.25) is 15.0 Å². The van der Waals surface area contributed by atoms with Crippen LogP contribution in [0.1, 0.15) is 18.4 Å². The maximum atomic E-state index is 10.8. The number of nitro benzene ring substituents is 1. The fourth-order valence-corrected chi connectivity index (χ4v) is 2.35. The molecule has 1 aliphatic heterocycles. The molecule has 1 aromatic carbocycles. The lowest BCUT2D eigenvalue weighted by Gasteiger charge is -2.29. The van der Waals surface area contributed by atoms with E-state index in [2.05, 4.69) is 4.90 Å². The van der Waals surface area contributed by atoms with E-state index in [0.29, 0.717) is 12.6 Å². The van der Waals surface area contributed by atoms with Crippen molar-refractivity contribution in [3.8, 4) is 0 Å². The molecule has 0 amide bonds. The number of halogens is 2. The van der Waals surface area contributed by atoms with Crippen LogP contribution >= 0.6 is 24.0 Å². The Bertz CT molecular complexity index is 449. The van der Waals surface area contributed by atoms with Gasteiger partial charge in [-0.2, -0.15) is 0 Å². The molecule has 1 aliphatic rings. The Balaban J connectivity index is 0.00000180. The van der Waals surface area contributed by atoms with E-state index in [1.807, 2.05) is 6.07 Å². The number of nitrogens with zero attached hydrogens (tertiary/aromatic N) is 2. The van der Waals surface area contributed by atoms with Crippen molar-refractivity contribution in [3.05, 3.63) is 38.9 Å². The fourth-order valence-electron chi connectivity index (χ4n) is 2.17. The highest BCUT2D eigenvalue weighted by atomic mass is 35.5. The molecule has 0 bridgehead atoms. The van der Waals surface area contributed by atoms with E-state index in [1.165, 1.54) is 0 Å². The highest BCUT2D eigenvalue weighted by Crippen LogP contribution is 2.26. The maximum Gasteiger partial charge on any atom is 0.288 e. The first-order valence-electron chi connectivity index (χ1n) is 5.97. The molecule has 106 valence electrons. The van der Waals surface area contributed by atoms with Crippen LogP contribution in [-0.4, -0.2) is 29.0 Å². The summed E-state index contributed by atoms with van der Waals surface area (Å²) in [5.41, 5.74) is 6.73. The molecule has 7 heteroatoms. The van der Waals surface area contributed by atoms with Crippen molar-refractivity contribution < 1.29 is 4.92 Å². The molecule has 0 saturated carbocycles. The summed E-state index contributed by atoms with van der Waals surface area (Å²) >= 11 is 5.78. The van der Waals surface area contributed by atoms with Crippen LogP contribution in [0.2, 0.25) is 5.02 Å². The number of hydrogen-bond donors (Lipinski definition) is 1. The minimum absolute atomic E-state index is 0. The molecule has 0 unspecified atom stereocenters. The van der Waals surface area contributed by atoms with Gasteiger partial charge in [-0.15, -0.1) is 12.4 Å². The second-order valence-corrected chi connectivity index (χ2v) is 5.06. The summed E-state index contributed by atoms with van der Waals surface area (Å²) in [5.74, 6) is 0. The quantitative estimate of drug-likeness (QED) is 0.688. The van der Waals surface area contributed by atoms with Crippen molar-refractivity contribution in [1.82, 2.24) is 4.90 Å². The first kappa shape index (κ1) is 16.2. The predicted molar refractivity (Wildman–Crippen MR) is 77.8 cm³/mol. The second-order valence-electron chi connectivity index (χ2n) is 4.66. The zero-order valence-electron chi connectivity index (χ0n) is 10.4. The summed E-state index contributed by atoms with van der Waals surface area (Å²) in [6, 6.07) is 5.27. The summed E-state index contributed by atoms with van der Waals surface area (Å²) in [5, 5.41) is 11.0. The van der Waals surface area contributed by atoms with Crippen LogP contribution in [0, 0.1) is 10.1 Å². The van der Waals surface area contributed by atoms with Crippen LogP contribution in [0.4, 0.5) is 5.69 Å². The summed E-state index contributed by atoms with van der Waals surface area (Å²) in [4.78, 5) is 12.6. The largest absolute Gasteiger partial charge is 0.328 e. The van der Waals surface area contributed by atoms with Crippen LogP contribution in [0.15, 0.2) is 18.2 Å². The van der Waals surface area contributed by atoms with Gasteiger partial charge in [-0.25, -0.2) is 0 Å². The van der Waals surface area contributed by atoms with Gasteiger partial charge in [0, 0.05) is 18.7 Å². The van der Waals surface area contributed by atoms with E-state index < -0.39 is 4.92 Å². The molecule has 0 atom stereocenters. The monoisotopic (exact) mass is 305 g/mol. The number of benzene rings is 1. The number of hydrogen-bond acceptors (Lipinski definition) is 4. The van der Waals surface area contributed by atoms with Gasteiger partial charge < -0.3 is 5.73 Å². The van der Waals surface area contributed by atoms with E-state index >= 15 is 0 Å². The third-order valence-electron chi connectivity index (χ3n) is 3.25. The smallest absolute Gasteiger partial charge is 0.288 e. The molecule has 2 N–H and O–H groups in total. The van der Waals surface area contributed by atoms with Crippen LogP contribution in [0.25, 0.3) is 0 Å². The minimum atomic E-state index is -0.446. The van der Waals surface area contributed by atoms with Crippen LogP contribution in [0.5, 0.6) is 0 Å². The third-order valence-corrected chi connectivity index (χ3v) is 3.57. The molecule has 0 radical (unpaired) electrons. The lowest BCUT2D eigenvalue weighted by molar-refractivity contribution is -0.384. The van der Waals surface area contributed by atoms with E-state index in [4.69, 9.17) is 17.3 Å². The summed E-state index contributed by atoms with van der Waals surface area (Å²) in [6.45, 7) is 2.60. The van der Waals surface area contributed by atoms with Gasteiger partial charge in [0.2, 0.25) is 0 Å². The maximum absolute atomic E-state index is 10.8. The molecule has 0 spiro atoms. The van der Waals surface area contributed by atoms with Crippen LogP contribution < -0.4 is 5.73 Å². The number of rotatable bonds is 3. The van der Waals surface area contributed by atoms with Crippen LogP contribution in [-0.2, 0) is 6.54 Å². The molecule has 1 fully saturated rings. The molecule has 19 heavy (non-hydrogen) atoms. The lowest BCUT2D eigenvalue weighted by Crippen LogP contribution is -2.39. The average Bonchev–Trinajstić information content (AvgIpc) is 2.34. The van der Waals surface area contributed by atoms with Gasteiger partial charge in [0.25, 0.3) is 5.69 Å². The highest BCUT2D eigenvalue weighted by molar-refractivity contribution is 6.32. The molecule has 0 aromatic heterocycles. The lowest BCUT2D eigenvalue weighted by atomic mass is 10.1. The Kier molecular flexibility index (Phi) is 6.00. The molecule has 0 aliphatic carbocycles. The number of likely N-dealkylation sites (tertiary alicyclic amines) is 1. The normalized spacial score (nSPS) is 16.9. The van der Waals surface area contributed by atoms with Crippen molar-refractivity contribution in [3.63, 3.8) is 0 Å². The number of nitro groups is 1. The molecule has 1 saturated heterocycles. The Morgan fingerprint density at radius 2 is 2.05 bits per heavy atom. The molecular formula is C12H17Cl2N3O2. The predicted octanol–water partition coefficient (Wildman–Crippen LogP) is 2.59. The van der Waals surface area contributed by atoms with Crippen molar-refractivity contribution in [2.24, 2.45) is 5.73 Å². The summed E-state index contributed by atoms with van der Waals surface area (Å²) in [6.07, 6.45) is 1.96. The Labute approximate surface area is 123 Å². The Hall–Kier alpha value is -0.880. The Morgan fingerprint density at radius 3 is 2.63 bits per heavy atom. The van der Waals surface area contributed by atoms with Gasteiger partial charge in [0.1, 0.15) is 5.02 Å². The first-order chi connectivity index (χ1) is 8.56. The molecule has 2 rings (SSSR count). The number of piperidine rings is 1. The van der Waals surface area contributed by atoms with Gasteiger partial charge in [-0.05, 0) is 37.6 Å². The topological polar surface area (TPSA) is 72.4 Å². The van der Waals surface area contributed by atoms with E-state index in [-0.39, 0.29) is 23.1 Å². The summed E-state index contributed by atoms with van der Waals surface area (Å²) < 4.78 is 0. The van der Waals surface area contributed by atoms with Gasteiger partial charge in [0.15, 0.2) is 0 Å². The van der Waals surface area contributed by atoms with E-state index in [0.717, 1.165) is 31.5 Å². The minimum Gasteiger partial charge on any atom is -0.328 e. The van der Waals surface area contributed by atoms with Crippen molar-refractivity contribution in [2.75, 3.05) is 13.1 Å². The van der Waals surface area contributed by atoms with Crippen molar-refractivity contribution >= 4 is 29.7 Å². The van der Waals surface area contributed by atoms with Crippen molar-refractivity contribution in [1.29, 1.82) is 0 Å². The summed E-state index contributed by atoms with van der Waals surface area (Å²) in [7, 11) is 0. The van der Waals surface area contributed by atoms with E-state index in [9.17, 15) is 10.1 Å². The van der Waals surface area contributed by atoms with Crippen LogP contribution in [0.3, 0.4) is 0 Å². The fraction of sp³-hybridized carbons (Fsp3) is 0.500. The average molecular weight is 306 g/mol. The standard InChI is InChI=1S/C12H16ClN3O2.ClH/c13-11-2-1-9(7-12(11)16(17)18)8-15-5-3-10(14)4-6-15;/h1-2,7,10H,3-6,8,14H2;1H. The van der Waals surface area contributed by atoms with E-state index in [1.54, 1.807) is 12.1 Å². The molecule has 5 nitrogen and oxygen atoms in total. The zero-order valence-corrected chi connectivity index (χ0v) is 12.0. The van der Waals surface area contributed by atoms with Crippen molar-refractivity contribution in [2.45, 2.75) is 25.4 Å². The van der Waals surface area contributed by atoms with Gasteiger partial charge in [0.05, 0.1) is 4.92 Å². The van der Waals surface area contributed by atoms with Gasteiger partial charge in [-0.1, -0.05) is 17.7 Å². The highest BCUT2D eigenvalue weighted by Gasteiger charge is 2.18. The molecule has 1 aromatic rings. The molecule has 1 heterocycles. The zero-order chi connectivity index (χ0) is 13.1. The van der Waals surface area contributed by atoms with Gasteiger partial charge >= 0.3 is 0 Å². The second kappa shape index (κ2) is 7.05. The number of nitrogens with two attached hydrogens (primary N) is 1. The molecular weight excluding hydrogens is 289 g/mol.